The minimum Gasteiger partial charge on any atom is -0.497 e. The second kappa shape index (κ2) is 15.0. The first-order chi connectivity index (χ1) is 20.6. The predicted molar refractivity (Wildman–Crippen MR) is 166 cm³/mol. The zero-order chi connectivity index (χ0) is 29.1. The zero-order valence-corrected chi connectivity index (χ0v) is 24.7. The van der Waals surface area contributed by atoms with Crippen molar-refractivity contribution in [3.8, 4) is 11.5 Å². The molecule has 0 aliphatic carbocycles. The number of piperidine rings is 1. The molecule has 2 N–H and O–H groups in total. The van der Waals surface area contributed by atoms with E-state index in [2.05, 4.69) is 45.9 Å². The topological polar surface area (TPSA) is 81.3 Å². The normalized spacial score (nSPS) is 20.0. The number of rotatable bonds is 13. The molecule has 1 amide bonds. The molecule has 0 unspecified atom stereocenters. The third-order valence-electron chi connectivity index (χ3n) is 8.14. The minimum absolute atomic E-state index is 0.00196. The Labute approximate surface area is 249 Å². The van der Waals surface area contributed by atoms with Gasteiger partial charge in [-0.2, -0.15) is 0 Å². The maximum atomic E-state index is 12.6. The Morgan fingerprint density at radius 2 is 1.90 bits per heavy atom. The highest BCUT2D eigenvalue weighted by Crippen LogP contribution is 2.35. The molecule has 3 aromatic carbocycles. The van der Waals surface area contributed by atoms with E-state index in [1.165, 1.54) is 5.56 Å². The number of benzene rings is 3. The number of fused-ring (bicyclic) bond motifs is 1. The molecule has 2 aliphatic heterocycles. The Bertz CT molecular complexity index is 1270. The lowest BCUT2D eigenvalue weighted by molar-refractivity contribution is -0.116. The summed E-state index contributed by atoms with van der Waals surface area (Å²) in [5.74, 6) is 2.00. The Hall–Kier alpha value is -3.59. The van der Waals surface area contributed by atoms with Crippen LogP contribution in [-0.4, -0.2) is 65.1 Å². The van der Waals surface area contributed by atoms with E-state index < -0.39 is 0 Å². The molecule has 2 aliphatic rings. The molecule has 5 rings (SSSR count). The van der Waals surface area contributed by atoms with Crippen LogP contribution in [0.4, 0.5) is 11.4 Å². The number of methoxy groups -OCH3 is 2. The summed E-state index contributed by atoms with van der Waals surface area (Å²) in [5, 5.41) is 6.66. The molecule has 42 heavy (non-hydrogen) atoms. The molecule has 1 saturated heterocycles. The van der Waals surface area contributed by atoms with Gasteiger partial charge in [-0.3, -0.25) is 4.79 Å². The Balaban J connectivity index is 1.22. The van der Waals surface area contributed by atoms with Crippen LogP contribution in [0, 0.1) is 0 Å². The highest BCUT2D eigenvalue weighted by atomic mass is 16.5. The molecule has 0 spiro atoms. The molecule has 0 saturated carbocycles. The van der Waals surface area contributed by atoms with E-state index in [0.29, 0.717) is 19.6 Å². The Morgan fingerprint density at radius 3 is 2.69 bits per heavy atom. The van der Waals surface area contributed by atoms with Crippen molar-refractivity contribution in [1.82, 2.24) is 5.32 Å². The fraction of sp³-hybridized carbons (Fsp3) is 0.441. The summed E-state index contributed by atoms with van der Waals surface area (Å²) in [7, 11) is 3.43. The summed E-state index contributed by atoms with van der Waals surface area (Å²) in [6.45, 7) is 4.49. The summed E-state index contributed by atoms with van der Waals surface area (Å²) in [5.41, 5.74) is 4.31. The van der Waals surface area contributed by atoms with Crippen LogP contribution in [0.2, 0.25) is 0 Å². The molecule has 0 radical (unpaired) electrons. The highest BCUT2D eigenvalue weighted by molar-refractivity contribution is 5.90. The van der Waals surface area contributed by atoms with Crippen LogP contribution in [0.25, 0.3) is 0 Å². The molecular weight excluding hydrogens is 530 g/mol. The number of anilines is 2. The van der Waals surface area contributed by atoms with Crippen LogP contribution < -0.4 is 25.0 Å². The number of nitrogens with zero attached hydrogens (tertiary/aromatic N) is 1. The maximum Gasteiger partial charge on any atom is 0.224 e. The third kappa shape index (κ3) is 8.03. The second-order valence-corrected chi connectivity index (χ2v) is 11.0. The van der Waals surface area contributed by atoms with Gasteiger partial charge in [0, 0.05) is 50.9 Å². The first-order valence-corrected chi connectivity index (χ1v) is 15.0. The van der Waals surface area contributed by atoms with Crippen molar-refractivity contribution in [1.29, 1.82) is 0 Å². The van der Waals surface area contributed by atoms with E-state index in [9.17, 15) is 4.79 Å². The quantitative estimate of drug-likeness (QED) is 0.266. The van der Waals surface area contributed by atoms with Gasteiger partial charge in [0.1, 0.15) is 18.1 Å². The average molecular weight is 574 g/mol. The van der Waals surface area contributed by atoms with Gasteiger partial charge in [-0.25, -0.2) is 0 Å². The van der Waals surface area contributed by atoms with Crippen LogP contribution in [-0.2, 0) is 20.9 Å². The first kappa shape index (κ1) is 29.9. The minimum atomic E-state index is -0.00196. The summed E-state index contributed by atoms with van der Waals surface area (Å²) in [4.78, 5) is 15.0. The van der Waals surface area contributed by atoms with E-state index in [4.69, 9.17) is 18.9 Å². The van der Waals surface area contributed by atoms with Gasteiger partial charge >= 0.3 is 0 Å². The average Bonchev–Trinajstić information content (AvgIpc) is 3.03. The lowest BCUT2D eigenvalue weighted by atomic mass is 9.83. The summed E-state index contributed by atoms with van der Waals surface area (Å²) in [6, 6.07) is 24.5. The number of carbonyl (C=O) groups excluding carboxylic acids is 1. The van der Waals surface area contributed by atoms with E-state index in [1.54, 1.807) is 14.2 Å². The number of hydrogen-bond acceptors (Lipinski definition) is 7. The molecule has 3 aromatic rings. The van der Waals surface area contributed by atoms with Gasteiger partial charge in [0.15, 0.2) is 0 Å². The summed E-state index contributed by atoms with van der Waals surface area (Å²) in [6.07, 6.45) is 3.09. The summed E-state index contributed by atoms with van der Waals surface area (Å²) >= 11 is 0. The zero-order valence-electron chi connectivity index (χ0n) is 24.7. The van der Waals surface area contributed by atoms with Crippen molar-refractivity contribution < 1.29 is 23.7 Å². The van der Waals surface area contributed by atoms with Gasteiger partial charge in [-0.05, 0) is 66.8 Å². The molecule has 2 heterocycles. The SMILES string of the molecule is COCCCN1CCOc2ccc(CO[C@H]3CN[C@H](CCC(=O)Nc4ccccc4)C[C@@H]3c3ccc(OC)cc3)cc21. The molecule has 1 fully saturated rings. The first-order valence-electron chi connectivity index (χ1n) is 15.0. The van der Waals surface area contributed by atoms with Crippen LogP contribution >= 0.6 is 0 Å². The largest absolute Gasteiger partial charge is 0.497 e. The molecule has 224 valence electrons. The van der Waals surface area contributed by atoms with Crippen molar-refractivity contribution in [3.05, 3.63) is 83.9 Å². The van der Waals surface area contributed by atoms with Gasteiger partial charge < -0.3 is 34.5 Å². The molecular formula is C34H43N3O5. The lowest BCUT2D eigenvalue weighted by Crippen LogP contribution is -2.47. The van der Waals surface area contributed by atoms with Crippen molar-refractivity contribution in [2.75, 3.05) is 57.3 Å². The number of hydrogen-bond donors (Lipinski definition) is 2. The predicted octanol–water partition coefficient (Wildman–Crippen LogP) is 5.38. The van der Waals surface area contributed by atoms with Crippen LogP contribution in [0.5, 0.6) is 11.5 Å². The summed E-state index contributed by atoms with van der Waals surface area (Å²) < 4.78 is 23.2. The highest BCUT2D eigenvalue weighted by Gasteiger charge is 2.32. The number of para-hydroxylation sites is 1. The number of amides is 1. The third-order valence-corrected chi connectivity index (χ3v) is 8.14. The van der Waals surface area contributed by atoms with Crippen molar-refractivity contribution in [2.45, 2.75) is 50.4 Å². The monoisotopic (exact) mass is 573 g/mol. The Kier molecular flexibility index (Phi) is 10.7. The van der Waals surface area contributed by atoms with E-state index in [1.807, 2.05) is 42.5 Å². The smallest absolute Gasteiger partial charge is 0.224 e. The molecule has 0 bridgehead atoms. The van der Waals surface area contributed by atoms with Gasteiger partial charge in [-0.15, -0.1) is 0 Å². The molecule has 8 nitrogen and oxygen atoms in total. The van der Waals surface area contributed by atoms with Crippen LogP contribution in [0.15, 0.2) is 72.8 Å². The number of carbonyl (C=O) groups is 1. The number of nitrogens with one attached hydrogen (secondary N) is 2. The van der Waals surface area contributed by atoms with Crippen molar-refractivity contribution in [3.63, 3.8) is 0 Å². The molecule has 3 atom stereocenters. The van der Waals surface area contributed by atoms with E-state index in [0.717, 1.165) is 73.9 Å². The van der Waals surface area contributed by atoms with Gasteiger partial charge in [0.25, 0.3) is 0 Å². The van der Waals surface area contributed by atoms with Gasteiger partial charge in [0.05, 0.1) is 32.1 Å². The van der Waals surface area contributed by atoms with Crippen LogP contribution in [0.3, 0.4) is 0 Å². The Morgan fingerprint density at radius 1 is 1.07 bits per heavy atom. The molecule has 8 heteroatoms. The van der Waals surface area contributed by atoms with Gasteiger partial charge in [-0.1, -0.05) is 36.4 Å². The van der Waals surface area contributed by atoms with Gasteiger partial charge in [0.2, 0.25) is 5.91 Å². The lowest BCUT2D eigenvalue weighted by Gasteiger charge is -2.37. The molecule has 0 aromatic heterocycles. The fourth-order valence-corrected chi connectivity index (χ4v) is 5.86. The standard InChI is InChI=1S/C34H43N3O5/c1-39-19-6-17-37-18-20-41-32-15-9-25(21-31(32)37)24-42-33-23-35-28(12-16-34(38)36-27-7-4-3-5-8-27)22-30(33)26-10-13-29(40-2)14-11-26/h3-5,7-11,13-15,21,28,30,33,35H,6,12,16-20,22-24H2,1-2H3,(H,36,38)/t28-,30-,33+/m1/s1. The van der Waals surface area contributed by atoms with Crippen LogP contribution in [0.1, 0.15) is 42.7 Å². The van der Waals surface area contributed by atoms with E-state index >= 15 is 0 Å². The maximum absolute atomic E-state index is 12.6. The van der Waals surface area contributed by atoms with Crippen molar-refractivity contribution >= 4 is 17.3 Å². The fourth-order valence-electron chi connectivity index (χ4n) is 5.86. The number of ether oxygens (including phenoxy) is 4. The van der Waals surface area contributed by atoms with Crippen molar-refractivity contribution in [2.24, 2.45) is 0 Å². The second-order valence-electron chi connectivity index (χ2n) is 11.0. The van der Waals surface area contributed by atoms with E-state index in [-0.39, 0.29) is 24.0 Å².